The fourth-order valence-electron chi connectivity index (χ4n) is 2.51. The van der Waals surface area contributed by atoms with Crippen LogP contribution in [0.2, 0.25) is 0 Å². The largest absolute Gasteiger partial charge is 0.305 e. The highest BCUT2D eigenvalue weighted by molar-refractivity contribution is 5.74. The maximum atomic E-state index is 4.40. The first-order valence-electron chi connectivity index (χ1n) is 7.21. The molecule has 0 bridgehead atoms. The molecule has 5 heteroatoms. The van der Waals surface area contributed by atoms with Crippen LogP contribution in [0, 0.1) is 0 Å². The van der Waals surface area contributed by atoms with Gasteiger partial charge in [0.25, 0.3) is 0 Å². The molecule has 2 heterocycles. The number of hydrogen-bond donors (Lipinski definition) is 1. The summed E-state index contributed by atoms with van der Waals surface area (Å²) < 4.78 is 1.91. The van der Waals surface area contributed by atoms with Gasteiger partial charge < -0.3 is 5.32 Å². The van der Waals surface area contributed by atoms with E-state index in [2.05, 4.69) is 39.4 Å². The molecular formula is C16H19N5. The van der Waals surface area contributed by atoms with Crippen molar-refractivity contribution in [1.82, 2.24) is 25.1 Å². The zero-order valence-electron chi connectivity index (χ0n) is 12.3. The Labute approximate surface area is 124 Å². The Bertz CT molecular complexity index is 734. The maximum Gasteiger partial charge on any atom is 0.0890 e. The smallest absolute Gasteiger partial charge is 0.0890 e. The number of aryl methyl sites for hydroxylation is 1. The molecule has 0 fully saturated rings. The van der Waals surface area contributed by atoms with Gasteiger partial charge in [-0.15, -0.1) is 0 Å². The van der Waals surface area contributed by atoms with Crippen LogP contribution in [-0.4, -0.2) is 26.3 Å². The molecule has 21 heavy (non-hydrogen) atoms. The Balaban J connectivity index is 2.03. The van der Waals surface area contributed by atoms with Crippen molar-refractivity contribution < 1.29 is 0 Å². The molecule has 1 N–H and O–H groups in total. The van der Waals surface area contributed by atoms with Crippen molar-refractivity contribution in [3.63, 3.8) is 0 Å². The predicted molar refractivity (Wildman–Crippen MR) is 82.9 cm³/mol. The van der Waals surface area contributed by atoms with E-state index >= 15 is 0 Å². The topological polar surface area (TPSA) is 55.6 Å². The average molecular weight is 281 g/mol. The summed E-state index contributed by atoms with van der Waals surface area (Å²) in [7, 11) is 1.97. The van der Waals surface area contributed by atoms with Crippen molar-refractivity contribution in [3.8, 4) is 0 Å². The zero-order chi connectivity index (χ0) is 14.7. The quantitative estimate of drug-likeness (QED) is 0.780. The van der Waals surface area contributed by atoms with E-state index in [4.69, 9.17) is 0 Å². The SMILES string of the molecule is CCCNC(c1ccc2nccnc2c1)c1ccnn1C. The summed E-state index contributed by atoms with van der Waals surface area (Å²) in [5.74, 6) is 0. The minimum Gasteiger partial charge on any atom is -0.305 e. The van der Waals surface area contributed by atoms with Crippen molar-refractivity contribution in [2.24, 2.45) is 7.05 Å². The van der Waals surface area contributed by atoms with E-state index in [1.54, 1.807) is 12.4 Å². The van der Waals surface area contributed by atoms with Gasteiger partial charge in [-0.25, -0.2) is 0 Å². The predicted octanol–water partition coefficient (Wildman–Crippen LogP) is 2.45. The fraction of sp³-hybridized carbons (Fsp3) is 0.312. The molecule has 3 aromatic rings. The van der Waals surface area contributed by atoms with Crippen LogP contribution < -0.4 is 5.32 Å². The lowest BCUT2D eigenvalue weighted by Crippen LogP contribution is -2.25. The van der Waals surface area contributed by atoms with E-state index in [1.165, 1.54) is 5.56 Å². The van der Waals surface area contributed by atoms with Crippen LogP contribution in [0.4, 0.5) is 0 Å². The number of nitrogens with zero attached hydrogens (tertiary/aromatic N) is 4. The van der Waals surface area contributed by atoms with Gasteiger partial charge in [0.05, 0.1) is 22.8 Å². The van der Waals surface area contributed by atoms with Crippen molar-refractivity contribution in [3.05, 3.63) is 54.1 Å². The summed E-state index contributed by atoms with van der Waals surface area (Å²) in [4.78, 5) is 8.72. The highest BCUT2D eigenvalue weighted by Crippen LogP contribution is 2.23. The second-order valence-corrected chi connectivity index (χ2v) is 5.07. The van der Waals surface area contributed by atoms with Crippen molar-refractivity contribution >= 4 is 11.0 Å². The second kappa shape index (κ2) is 6.01. The van der Waals surface area contributed by atoms with Crippen LogP contribution in [0.15, 0.2) is 42.9 Å². The second-order valence-electron chi connectivity index (χ2n) is 5.07. The van der Waals surface area contributed by atoms with E-state index < -0.39 is 0 Å². The first kappa shape index (κ1) is 13.7. The van der Waals surface area contributed by atoms with E-state index in [-0.39, 0.29) is 6.04 Å². The van der Waals surface area contributed by atoms with E-state index in [9.17, 15) is 0 Å². The molecule has 0 aliphatic carbocycles. The van der Waals surface area contributed by atoms with Gasteiger partial charge >= 0.3 is 0 Å². The van der Waals surface area contributed by atoms with Crippen LogP contribution in [-0.2, 0) is 7.05 Å². The Hall–Kier alpha value is -2.27. The fourth-order valence-corrected chi connectivity index (χ4v) is 2.51. The van der Waals surface area contributed by atoms with E-state index in [0.717, 1.165) is 29.7 Å². The standard InChI is InChI=1S/C16H19N5/c1-3-7-19-16(15-6-8-20-21(15)2)12-4-5-13-14(11-12)18-10-9-17-13/h4-6,8-11,16,19H,3,7H2,1-2H3. The van der Waals surface area contributed by atoms with Gasteiger partial charge in [0.1, 0.15) is 0 Å². The summed E-state index contributed by atoms with van der Waals surface area (Å²) in [5.41, 5.74) is 4.16. The average Bonchev–Trinajstić information content (AvgIpc) is 2.94. The molecule has 0 saturated heterocycles. The summed E-state index contributed by atoms with van der Waals surface area (Å²) in [6, 6.07) is 8.40. The van der Waals surface area contributed by atoms with Crippen molar-refractivity contribution in [2.75, 3.05) is 6.54 Å². The molecule has 0 saturated carbocycles. The molecule has 1 atom stereocenters. The summed E-state index contributed by atoms with van der Waals surface area (Å²) in [5, 5.41) is 7.87. The molecule has 0 aliphatic heterocycles. The Kier molecular flexibility index (Phi) is 3.92. The number of nitrogens with one attached hydrogen (secondary N) is 1. The zero-order valence-corrected chi connectivity index (χ0v) is 12.3. The third-order valence-electron chi connectivity index (χ3n) is 3.58. The van der Waals surface area contributed by atoms with E-state index in [1.807, 2.05) is 30.1 Å². The number of aromatic nitrogens is 4. The van der Waals surface area contributed by atoms with Crippen molar-refractivity contribution in [2.45, 2.75) is 19.4 Å². The van der Waals surface area contributed by atoms with Crippen LogP contribution in [0.1, 0.15) is 30.6 Å². The van der Waals surface area contributed by atoms with Gasteiger partial charge in [-0.1, -0.05) is 13.0 Å². The Morgan fingerprint density at radius 1 is 1.10 bits per heavy atom. The van der Waals surface area contributed by atoms with Gasteiger partial charge in [0.2, 0.25) is 0 Å². The maximum absolute atomic E-state index is 4.40. The lowest BCUT2D eigenvalue weighted by molar-refractivity contribution is 0.554. The van der Waals surface area contributed by atoms with Crippen LogP contribution >= 0.6 is 0 Å². The molecule has 3 rings (SSSR count). The molecule has 1 unspecified atom stereocenters. The first-order chi connectivity index (χ1) is 10.3. The third-order valence-corrected chi connectivity index (χ3v) is 3.58. The molecule has 0 aliphatic rings. The number of rotatable bonds is 5. The first-order valence-corrected chi connectivity index (χ1v) is 7.21. The number of benzene rings is 1. The van der Waals surface area contributed by atoms with Gasteiger partial charge in [0, 0.05) is 25.6 Å². The molecule has 1 aromatic carbocycles. The van der Waals surface area contributed by atoms with Gasteiger partial charge in [0.15, 0.2) is 0 Å². The third kappa shape index (κ3) is 2.78. The monoisotopic (exact) mass is 281 g/mol. The van der Waals surface area contributed by atoms with Crippen molar-refractivity contribution in [1.29, 1.82) is 0 Å². The molecule has 0 spiro atoms. The Morgan fingerprint density at radius 2 is 1.90 bits per heavy atom. The number of fused-ring (bicyclic) bond motifs is 1. The van der Waals surface area contributed by atoms with Crippen LogP contribution in [0.25, 0.3) is 11.0 Å². The highest BCUT2D eigenvalue weighted by atomic mass is 15.3. The molecule has 108 valence electrons. The molecular weight excluding hydrogens is 262 g/mol. The molecule has 5 nitrogen and oxygen atoms in total. The van der Waals surface area contributed by atoms with E-state index in [0.29, 0.717) is 0 Å². The molecule has 2 aromatic heterocycles. The normalized spacial score (nSPS) is 12.7. The van der Waals surface area contributed by atoms with Crippen LogP contribution in [0.3, 0.4) is 0 Å². The van der Waals surface area contributed by atoms with Gasteiger partial charge in [-0.2, -0.15) is 5.10 Å². The lowest BCUT2D eigenvalue weighted by atomic mass is 10.0. The minimum absolute atomic E-state index is 0.115. The summed E-state index contributed by atoms with van der Waals surface area (Å²) in [6.07, 6.45) is 6.36. The lowest BCUT2D eigenvalue weighted by Gasteiger charge is -2.19. The molecule has 0 amide bonds. The summed E-state index contributed by atoms with van der Waals surface area (Å²) in [6.45, 7) is 3.12. The van der Waals surface area contributed by atoms with Gasteiger partial charge in [-0.3, -0.25) is 14.6 Å². The number of hydrogen-bond acceptors (Lipinski definition) is 4. The minimum atomic E-state index is 0.115. The summed E-state index contributed by atoms with van der Waals surface area (Å²) >= 11 is 0. The highest BCUT2D eigenvalue weighted by Gasteiger charge is 2.17. The Morgan fingerprint density at radius 3 is 2.62 bits per heavy atom. The molecule has 0 radical (unpaired) electrons. The van der Waals surface area contributed by atoms with Crippen LogP contribution in [0.5, 0.6) is 0 Å². The van der Waals surface area contributed by atoms with Gasteiger partial charge in [-0.05, 0) is 36.7 Å².